The Hall–Kier alpha value is -3.96. The number of aliphatic carboxylic acids is 1. The van der Waals surface area contributed by atoms with E-state index < -0.39 is 5.97 Å². The second kappa shape index (κ2) is 10.1. The van der Waals surface area contributed by atoms with Crippen LogP contribution in [-0.4, -0.2) is 21.3 Å². The normalized spacial score (nSPS) is 11.0. The van der Waals surface area contributed by atoms with Gasteiger partial charge in [-0.3, -0.25) is 0 Å². The average Bonchev–Trinajstić information content (AvgIpc) is 2.69. The molecule has 0 aliphatic rings. The number of aliphatic hydroxyl groups is 1. The number of nitriles is 1. The van der Waals surface area contributed by atoms with Crippen LogP contribution < -0.4 is 0 Å². The van der Waals surface area contributed by atoms with E-state index in [1.807, 2.05) is 0 Å². The quantitative estimate of drug-likeness (QED) is 0.321. The molecule has 136 valence electrons. The third-order valence-electron chi connectivity index (χ3n) is 3.72. The molecular formula is C22H19NO4. The van der Waals surface area contributed by atoms with Gasteiger partial charge >= 0.3 is 5.97 Å². The van der Waals surface area contributed by atoms with Crippen molar-refractivity contribution in [1.29, 1.82) is 5.26 Å². The van der Waals surface area contributed by atoms with Crippen LogP contribution in [0.25, 0.3) is 11.1 Å². The monoisotopic (exact) mass is 361 g/mol. The number of benzene rings is 2. The van der Waals surface area contributed by atoms with Crippen molar-refractivity contribution in [2.75, 3.05) is 0 Å². The fourth-order valence-electron chi connectivity index (χ4n) is 2.42. The SMILES string of the molecule is C#C.C/C=C(O)\C(=C/Cc1ccc(-c2ccccc2O)c(C#N)c1)C(=O)O. The number of aromatic hydroxyl groups is 1. The Labute approximate surface area is 158 Å². The highest BCUT2D eigenvalue weighted by Gasteiger charge is 2.12. The minimum absolute atomic E-state index is 0.0813. The summed E-state index contributed by atoms with van der Waals surface area (Å²) in [6.07, 6.45) is 10.9. The molecule has 0 saturated carbocycles. The van der Waals surface area contributed by atoms with Gasteiger partial charge in [0.05, 0.1) is 17.2 Å². The Morgan fingerprint density at radius 1 is 1.15 bits per heavy atom. The van der Waals surface area contributed by atoms with Crippen LogP contribution in [0.4, 0.5) is 0 Å². The predicted octanol–water partition coefficient (Wildman–Crippen LogP) is 4.20. The Morgan fingerprint density at radius 3 is 2.37 bits per heavy atom. The zero-order valence-electron chi connectivity index (χ0n) is 14.8. The van der Waals surface area contributed by atoms with Crippen molar-refractivity contribution in [2.24, 2.45) is 0 Å². The molecule has 0 spiro atoms. The van der Waals surface area contributed by atoms with Gasteiger partial charge in [-0.05, 0) is 37.1 Å². The van der Waals surface area contributed by atoms with Gasteiger partial charge in [-0.15, -0.1) is 12.8 Å². The maximum absolute atomic E-state index is 11.2. The fourth-order valence-corrected chi connectivity index (χ4v) is 2.42. The molecule has 0 aliphatic carbocycles. The Bertz CT molecular complexity index is 946. The molecule has 27 heavy (non-hydrogen) atoms. The second-order valence-corrected chi connectivity index (χ2v) is 5.31. The number of terminal acetylenes is 1. The highest BCUT2D eigenvalue weighted by molar-refractivity contribution is 5.90. The van der Waals surface area contributed by atoms with Crippen LogP contribution >= 0.6 is 0 Å². The van der Waals surface area contributed by atoms with E-state index in [0.29, 0.717) is 16.7 Å². The molecular weight excluding hydrogens is 342 g/mol. The maximum Gasteiger partial charge on any atom is 0.339 e. The molecule has 0 heterocycles. The zero-order valence-corrected chi connectivity index (χ0v) is 14.8. The number of aliphatic hydroxyl groups excluding tert-OH is 1. The molecule has 0 aromatic heterocycles. The number of nitrogens with zero attached hydrogens (tertiary/aromatic N) is 1. The molecule has 5 heteroatoms. The maximum atomic E-state index is 11.2. The Morgan fingerprint density at radius 2 is 1.81 bits per heavy atom. The lowest BCUT2D eigenvalue weighted by atomic mass is 9.96. The number of carbonyl (C=O) groups is 1. The third-order valence-corrected chi connectivity index (χ3v) is 3.72. The van der Waals surface area contributed by atoms with Gasteiger partial charge in [0, 0.05) is 11.1 Å². The van der Waals surface area contributed by atoms with Crippen molar-refractivity contribution in [3.8, 4) is 35.8 Å². The van der Waals surface area contributed by atoms with Gasteiger partial charge in [0.1, 0.15) is 11.5 Å². The average molecular weight is 361 g/mol. The molecule has 2 aromatic carbocycles. The van der Waals surface area contributed by atoms with Crippen molar-refractivity contribution in [3.63, 3.8) is 0 Å². The molecule has 0 unspecified atom stereocenters. The topological polar surface area (TPSA) is 102 Å². The number of allylic oxidation sites excluding steroid dienone is 2. The van der Waals surface area contributed by atoms with Crippen LogP contribution in [0.3, 0.4) is 0 Å². The lowest BCUT2D eigenvalue weighted by Gasteiger charge is -2.08. The summed E-state index contributed by atoms with van der Waals surface area (Å²) in [6, 6.07) is 13.9. The number of hydrogen-bond acceptors (Lipinski definition) is 4. The smallest absolute Gasteiger partial charge is 0.339 e. The van der Waals surface area contributed by atoms with Gasteiger partial charge < -0.3 is 15.3 Å². The van der Waals surface area contributed by atoms with E-state index in [0.717, 1.165) is 5.56 Å². The summed E-state index contributed by atoms with van der Waals surface area (Å²) >= 11 is 0. The van der Waals surface area contributed by atoms with E-state index in [1.165, 1.54) is 12.2 Å². The number of phenols is 1. The van der Waals surface area contributed by atoms with Gasteiger partial charge in [0.15, 0.2) is 0 Å². The zero-order chi connectivity index (χ0) is 20.4. The standard InChI is InChI=1S/C20H17NO4.C2H2/c1-2-18(22)17(20(24)25)10-8-13-7-9-15(14(11-13)12-21)16-5-3-4-6-19(16)23;1-2/h2-7,9-11,22-23H,8H2,1H3,(H,24,25);1-2H/b17-10+,18-2+;. The summed E-state index contributed by atoms with van der Waals surface area (Å²) in [6.45, 7) is 1.54. The van der Waals surface area contributed by atoms with Crippen molar-refractivity contribution >= 4 is 5.97 Å². The molecule has 0 fully saturated rings. The van der Waals surface area contributed by atoms with E-state index in [4.69, 9.17) is 5.11 Å². The van der Waals surface area contributed by atoms with Crippen molar-refractivity contribution in [3.05, 3.63) is 77.1 Å². The summed E-state index contributed by atoms with van der Waals surface area (Å²) in [5.74, 6) is -1.45. The molecule has 0 bridgehead atoms. The first kappa shape index (κ1) is 21.1. The number of carboxylic acid groups (broad SMARTS) is 1. The summed E-state index contributed by atoms with van der Waals surface area (Å²) in [5.41, 5.74) is 2.06. The summed E-state index contributed by atoms with van der Waals surface area (Å²) in [4.78, 5) is 11.2. The van der Waals surface area contributed by atoms with Crippen LogP contribution in [0.2, 0.25) is 0 Å². The fraction of sp³-hybridized carbons (Fsp3) is 0.0909. The molecule has 0 saturated heterocycles. The van der Waals surface area contributed by atoms with Gasteiger partial charge in [-0.2, -0.15) is 5.26 Å². The molecule has 0 amide bonds. The van der Waals surface area contributed by atoms with Crippen LogP contribution in [-0.2, 0) is 11.2 Å². The lowest BCUT2D eigenvalue weighted by Crippen LogP contribution is -2.04. The van der Waals surface area contributed by atoms with Crippen molar-refractivity contribution < 1.29 is 20.1 Å². The van der Waals surface area contributed by atoms with Crippen molar-refractivity contribution in [2.45, 2.75) is 13.3 Å². The van der Waals surface area contributed by atoms with Gasteiger partial charge in [-0.1, -0.05) is 36.4 Å². The van der Waals surface area contributed by atoms with E-state index >= 15 is 0 Å². The van der Waals surface area contributed by atoms with Gasteiger partial charge in [-0.25, -0.2) is 4.79 Å². The van der Waals surface area contributed by atoms with Gasteiger partial charge in [0.2, 0.25) is 0 Å². The van der Waals surface area contributed by atoms with E-state index in [2.05, 4.69) is 18.9 Å². The lowest BCUT2D eigenvalue weighted by molar-refractivity contribution is -0.132. The molecule has 3 N–H and O–H groups in total. The summed E-state index contributed by atoms with van der Waals surface area (Å²) in [5, 5.41) is 38.1. The Balaban J connectivity index is 0.00000176. The molecule has 0 aliphatic heterocycles. The summed E-state index contributed by atoms with van der Waals surface area (Å²) < 4.78 is 0. The van der Waals surface area contributed by atoms with E-state index in [-0.39, 0.29) is 23.5 Å². The molecule has 5 nitrogen and oxygen atoms in total. The first-order valence-electron chi connectivity index (χ1n) is 7.91. The molecule has 2 rings (SSSR count). The van der Waals surface area contributed by atoms with E-state index in [1.54, 1.807) is 49.4 Å². The predicted molar refractivity (Wildman–Crippen MR) is 104 cm³/mol. The van der Waals surface area contributed by atoms with Crippen molar-refractivity contribution in [1.82, 2.24) is 0 Å². The number of phenolic OH excluding ortho intramolecular Hbond substituents is 1. The van der Waals surface area contributed by atoms with Crippen LogP contribution in [0, 0.1) is 24.2 Å². The minimum Gasteiger partial charge on any atom is -0.507 e. The number of carboxylic acids is 1. The minimum atomic E-state index is -1.22. The number of para-hydroxylation sites is 1. The Kier molecular flexibility index (Phi) is 7.91. The van der Waals surface area contributed by atoms with Crippen LogP contribution in [0.15, 0.2) is 65.9 Å². The molecule has 2 aromatic rings. The highest BCUT2D eigenvalue weighted by Crippen LogP contribution is 2.31. The molecule has 0 atom stereocenters. The highest BCUT2D eigenvalue weighted by atomic mass is 16.4. The van der Waals surface area contributed by atoms with Crippen LogP contribution in [0.5, 0.6) is 5.75 Å². The first-order chi connectivity index (χ1) is 13.0. The third kappa shape index (κ3) is 5.26. The first-order valence-corrected chi connectivity index (χ1v) is 7.91. The van der Waals surface area contributed by atoms with E-state index in [9.17, 15) is 20.3 Å². The van der Waals surface area contributed by atoms with Gasteiger partial charge in [0.25, 0.3) is 0 Å². The second-order valence-electron chi connectivity index (χ2n) is 5.31. The largest absolute Gasteiger partial charge is 0.507 e. The number of hydrogen-bond donors (Lipinski definition) is 3. The molecule has 0 radical (unpaired) electrons. The summed E-state index contributed by atoms with van der Waals surface area (Å²) in [7, 11) is 0. The van der Waals surface area contributed by atoms with Crippen LogP contribution in [0.1, 0.15) is 18.1 Å². The number of rotatable bonds is 5.